The number of hydrogen-bond acceptors (Lipinski definition) is 6. The molecule has 1 aromatic carbocycles. The number of nitrogens with zero attached hydrogens (tertiary/aromatic N) is 3. The van der Waals surface area contributed by atoms with Gasteiger partial charge in [0.15, 0.2) is 0 Å². The summed E-state index contributed by atoms with van der Waals surface area (Å²) < 4.78 is 11.0. The lowest BCUT2D eigenvalue weighted by atomic mass is 10.1. The monoisotopic (exact) mass is 323 g/mol. The van der Waals surface area contributed by atoms with E-state index in [2.05, 4.69) is 45.7 Å². The molecular weight excluding hydrogens is 310 g/mol. The van der Waals surface area contributed by atoms with E-state index in [9.17, 15) is 0 Å². The summed E-state index contributed by atoms with van der Waals surface area (Å²) in [6.45, 7) is 1.76. The standard InChI is InChI=1S/C17H13N3O2S/c1-10-19-20-16(22-10)12-7-14-15(9-21-17(14)18-8-12)11-3-5-13(23-2)6-4-11/h3-9H,1-2H3. The second-order valence-electron chi connectivity index (χ2n) is 5.08. The average molecular weight is 323 g/mol. The molecule has 0 amide bonds. The van der Waals surface area contributed by atoms with E-state index in [1.54, 1.807) is 31.1 Å². The molecule has 0 radical (unpaired) electrons. The second-order valence-corrected chi connectivity index (χ2v) is 5.96. The van der Waals surface area contributed by atoms with Crippen molar-refractivity contribution >= 4 is 22.9 Å². The highest BCUT2D eigenvalue weighted by molar-refractivity contribution is 7.98. The molecular formula is C17H13N3O2S. The Morgan fingerprint density at radius 3 is 2.57 bits per heavy atom. The van der Waals surface area contributed by atoms with Crippen LogP contribution in [0.25, 0.3) is 33.7 Å². The minimum Gasteiger partial charge on any atom is -0.445 e. The highest BCUT2D eigenvalue weighted by Crippen LogP contribution is 2.33. The molecule has 23 heavy (non-hydrogen) atoms. The first-order chi connectivity index (χ1) is 11.2. The van der Waals surface area contributed by atoms with Crippen molar-refractivity contribution < 1.29 is 8.83 Å². The summed E-state index contributed by atoms with van der Waals surface area (Å²) in [4.78, 5) is 5.57. The van der Waals surface area contributed by atoms with Crippen LogP contribution >= 0.6 is 11.8 Å². The maximum Gasteiger partial charge on any atom is 0.249 e. The van der Waals surface area contributed by atoms with E-state index >= 15 is 0 Å². The second kappa shape index (κ2) is 5.55. The minimum absolute atomic E-state index is 0.460. The molecule has 0 bridgehead atoms. The van der Waals surface area contributed by atoms with Crippen molar-refractivity contribution in [3.8, 4) is 22.6 Å². The molecule has 0 spiro atoms. The predicted octanol–water partition coefficient (Wildman–Crippen LogP) is 4.58. The van der Waals surface area contributed by atoms with Crippen LogP contribution in [0.5, 0.6) is 0 Å². The minimum atomic E-state index is 0.460. The first-order valence-electron chi connectivity index (χ1n) is 7.07. The first-order valence-corrected chi connectivity index (χ1v) is 8.29. The SMILES string of the molecule is CSc1ccc(-c2coc3ncc(-c4nnc(C)o4)cc23)cc1. The Hall–Kier alpha value is -2.60. The smallest absolute Gasteiger partial charge is 0.249 e. The lowest BCUT2D eigenvalue weighted by molar-refractivity contribution is 0.532. The van der Waals surface area contributed by atoms with E-state index in [1.165, 1.54) is 4.90 Å². The molecule has 6 heteroatoms. The van der Waals surface area contributed by atoms with Crippen molar-refractivity contribution in [2.75, 3.05) is 6.26 Å². The molecule has 3 heterocycles. The van der Waals surface area contributed by atoms with Crippen molar-refractivity contribution in [3.05, 3.63) is 48.7 Å². The zero-order chi connectivity index (χ0) is 15.8. The summed E-state index contributed by atoms with van der Waals surface area (Å²) in [6.07, 6.45) is 5.47. The van der Waals surface area contributed by atoms with Crippen LogP contribution in [0.15, 0.2) is 56.5 Å². The number of rotatable bonds is 3. The van der Waals surface area contributed by atoms with Crippen molar-refractivity contribution in [1.29, 1.82) is 0 Å². The van der Waals surface area contributed by atoms with Crippen molar-refractivity contribution in [2.24, 2.45) is 0 Å². The van der Waals surface area contributed by atoms with Gasteiger partial charge >= 0.3 is 0 Å². The molecule has 4 aromatic rings. The van der Waals surface area contributed by atoms with Crippen LogP contribution in [0.3, 0.4) is 0 Å². The molecule has 4 rings (SSSR count). The zero-order valence-electron chi connectivity index (χ0n) is 12.6. The van der Waals surface area contributed by atoms with E-state index < -0.39 is 0 Å². The number of hydrogen-bond donors (Lipinski definition) is 0. The van der Waals surface area contributed by atoms with Crippen LogP contribution in [0, 0.1) is 6.92 Å². The third-order valence-corrected chi connectivity index (χ3v) is 4.35. The highest BCUT2D eigenvalue weighted by atomic mass is 32.2. The Bertz CT molecular complexity index is 973. The number of aromatic nitrogens is 3. The van der Waals surface area contributed by atoms with E-state index in [0.29, 0.717) is 17.5 Å². The summed E-state index contributed by atoms with van der Waals surface area (Å²) in [5.41, 5.74) is 3.45. The summed E-state index contributed by atoms with van der Waals surface area (Å²) >= 11 is 1.72. The van der Waals surface area contributed by atoms with Crippen LogP contribution in [0.1, 0.15) is 5.89 Å². The van der Waals surface area contributed by atoms with Gasteiger partial charge in [0.05, 0.1) is 5.56 Å². The number of thioether (sulfide) groups is 1. The first kappa shape index (κ1) is 14.0. The van der Waals surface area contributed by atoms with Crippen LogP contribution in [-0.4, -0.2) is 21.4 Å². The highest BCUT2D eigenvalue weighted by Gasteiger charge is 2.13. The molecule has 0 saturated carbocycles. The molecule has 0 aliphatic rings. The number of fused-ring (bicyclic) bond motifs is 1. The van der Waals surface area contributed by atoms with Gasteiger partial charge in [0.2, 0.25) is 17.5 Å². The fourth-order valence-electron chi connectivity index (χ4n) is 2.44. The molecule has 0 saturated heterocycles. The van der Waals surface area contributed by atoms with Crippen LogP contribution < -0.4 is 0 Å². The molecule has 5 nitrogen and oxygen atoms in total. The number of furan rings is 1. The largest absolute Gasteiger partial charge is 0.445 e. The normalized spacial score (nSPS) is 11.2. The maximum absolute atomic E-state index is 5.57. The van der Waals surface area contributed by atoms with Crippen LogP contribution in [0.4, 0.5) is 0 Å². The van der Waals surface area contributed by atoms with Gasteiger partial charge in [-0.25, -0.2) is 4.98 Å². The van der Waals surface area contributed by atoms with Gasteiger partial charge in [-0.15, -0.1) is 22.0 Å². The number of benzene rings is 1. The van der Waals surface area contributed by atoms with E-state index in [1.807, 2.05) is 6.07 Å². The Morgan fingerprint density at radius 1 is 1.04 bits per heavy atom. The van der Waals surface area contributed by atoms with Gasteiger partial charge in [-0.05, 0) is 30.0 Å². The van der Waals surface area contributed by atoms with Gasteiger partial charge in [-0.3, -0.25) is 0 Å². The summed E-state index contributed by atoms with van der Waals surface area (Å²) in [5.74, 6) is 0.988. The number of pyridine rings is 1. The third-order valence-electron chi connectivity index (χ3n) is 3.60. The molecule has 0 unspecified atom stereocenters. The van der Waals surface area contributed by atoms with E-state index in [4.69, 9.17) is 8.83 Å². The van der Waals surface area contributed by atoms with Gasteiger partial charge in [0.25, 0.3) is 0 Å². The molecule has 0 fully saturated rings. The quantitative estimate of drug-likeness (QED) is 0.514. The Morgan fingerprint density at radius 2 is 1.87 bits per heavy atom. The fourth-order valence-corrected chi connectivity index (χ4v) is 2.85. The predicted molar refractivity (Wildman–Crippen MR) is 89.3 cm³/mol. The van der Waals surface area contributed by atoms with E-state index in [-0.39, 0.29) is 0 Å². The molecule has 3 aromatic heterocycles. The van der Waals surface area contributed by atoms with E-state index in [0.717, 1.165) is 22.1 Å². The lowest BCUT2D eigenvalue weighted by Gasteiger charge is -2.01. The van der Waals surface area contributed by atoms with Crippen molar-refractivity contribution in [3.63, 3.8) is 0 Å². The van der Waals surface area contributed by atoms with Crippen molar-refractivity contribution in [2.45, 2.75) is 11.8 Å². The van der Waals surface area contributed by atoms with Gasteiger partial charge in [0.1, 0.15) is 6.26 Å². The van der Waals surface area contributed by atoms with Crippen LogP contribution in [0.2, 0.25) is 0 Å². The Labute approximate surface area is 136 Å². The molecule has 0 aliphatic carbocycles. The summed E-state index contributed by atoms with van der Waals surface area (Å²) in [5, 5.41) is 8.83. The maximum atomic E-state index is 5.57. The lowest BCUT2D eigenvalue weighted by Crippen LogP contribution is -1.82. The summed E-state index contributed by atoms with van der Waals surface area (Å²) in [6, 6.07) is 10.3. The average Bonchev–Trinajstić information content (AvgIpc) is 3.20. The molecule has 0 aliphatic heterocycles. The molecule has 0 N–H and O–H groups in total. The van der Waals surface area contributed by atoms with Gasteiger partial charge in [-0.1, -0.05) is 12.1 Å². The molecule has 114 valence electrons. The van der Waals surface area contributed by atoms with Crippen LogP contribution in [-0.2, 0) is 0 Å². The third kappa shape index (κ3) is 2.51. The Kier molecular flexibility index (Phi) is 3.38. The number of aryl methyl sites for hydroxylation is 1. The fraction of sp³-hybridized carbons (Fsp3) is 0.118. The van der Waals surface area contributed by atoms with Gasteiger partial charge < -0.3 is 8.83 Å². The topological polar surface area (TPSA) is 65.0 Å². The van der Waals surface area contributed by atoms with Gasteiger partial charge in [-0.2, -0.15) is 0 Å². The van der Waals surface area contributed by atoms with Crippen molar-refractivity contribution in [1.82, 2.24) is 15.2 Å². The zero-order valence-corrected chi connectivity index (χ0v) is 13.4. The molecule has 0 atom stereocenters. The van der Waals surface area contributed by atoms with Gasteiger partial charge in [0, 0.05) is 29.0 Å². The Balaban J connectivity index is 1.83. The summed E-state index contributed by atoms with van der Waals surface area (Å²) in [7, 11) is 0.